The average Bonchev–Trinajstić information content (AvgIpc) is 2.97. The Labute approximate surface area is 340 Å². The minimum Gasteiger partial charge on any atom is -0.393 e. The van der Waals surface area contributed by atoms with Crippen molar-refractivity contribution in [2.45, 2.75) is 183 Å². The van der Waals surface area contributed by atoms with E-state index in [2.05, 4.69) is 134 Å². The van der Waals surface area contributed by atoms with E-state index in [1.807, 2.05) is 0 Å². The van der Waals surface area contributed by atoms with Crippen molar-refractivity contribution >= 4 is 0 Å². The molecule has 0 aromatic heterocycles. The molecule has 4 aliphatic carbocycles. The quantitative estimate of drug-likeness (QED) is 0.122. The van der Waals surface area contributed by atoms with Crippen LogP contribution in [0.25, 0.3) is 0 Å². The third kappa shape index (κ3) is 19.8. The summed E-state index contributed by atoms with van der Waals surface area (Å²) in [6.45, 7) is 40.6. The molecule has 0 spiro atoms. The monoisotopic (exact) mass is 785 g/mol. The second-order valence-corrected chi connectivity index (χ2v) is 20.7. The first-order chi connectivity index (χ1) is 25.2. The molecule has 0 unspecified atom stereocenters. The average molecular weight is 785 g/mol. The predicted octanol–water partition coefficient (Wildman–Crippen LogP) is 8.12. The highest BCUT2D eigenvalue weighted by Crippen LogP contribution is 2.35. The lowest BCUT2D eigenvalue weighted by atomic mass is 9.82. The van der Waals surface area contributed by atoms with Crippen molar-refractivity contribution in [3.63, 3.8) is 0 Å². The molecule has 8 heteroatoms. The van der Waals surface area contributed by atoms with Gasteiger partial charge in [-0.2, -0.15) is 0 Å². The maximum absolute atomic E-state index is 9.61. The molecule has 4 rings (SSSR count). The number of hydrogen-bond donors (Lipinski definition) is 8. The molecule has 8 nitrogen and oxygen atoms in total. The molecule has 0 aromatic carbocycles. The van der Waals surface area contributed by atoms with E-state index in [1.54, 1.807) is 0 Å². The van der Waals surface area contributed by atoms with Gasteiger partial charge in [0.15, 0.2) is 0 Å². The fourth-order valence-electron chi connectivity index (χ4n) is 7.03. The summed E-state index contributed by atoms with van der Waals surface area (Å²) in [5, 5.41) is 76.6. The lowest BCUT2D eigenvalue weighted by molar-refractivity contribution is 0.0851. The fraction of sp³-hybridized carbons (Fsp3) is 0.667. The van der Waals surface area contributed by atoms with Crippen molar-refractivity contribution in [3.8, 4) is 0 Å². The van der Waals surface area contributed by atoms with Crippen LogP contribution in [-0.2, 0) is 0 Å². The van der Waals surface area contributed by atoms with Crippen LogP contribution in [0.3, 0.4) is 0 Å². The Morgan fingerprint density at radius 1 is 0.339 bits per heavy atom. The number of aliphatic hydroxyl groups is 8. The largest absolute Gasteiger partial charge is 0.393 e. The molecule has 0 radical (unpaired) electrons. The Bertz CT molecular complexity index is 1260. The van der Waals surface area contributed by atoms with Crippen LogP contribution in [0, 0.1) is 21.7 Å². The minimum atomic E-state index is -0.577. The summed E-state index contributed by atoms with van der Waals surface area (Å²) in [6.07, 6.45) is 8.46. The second kappa shape index (κ2) is 21.0. The summed E-state index contributed by atoms with van der Waals surface area (Å²) in [7, 11) is 0. The Hall–Kier alpha value is -2.40. The number of rotatable bonds is 0. The van der Waals surface area contributed by atoms with Gasteiger partial charge in [0.25, 0.3) is 0 Å². The van der Waals surface area contributed by atoms with Gasteiger partial charge in [-0.1, -0.05) is 134 Å². The van der Waals surface area contributed by atoms with Crippen LogP contribution >= 0.6 is 0 Å². The maximum atomic E-state index is 9.61. The normalized spacial score (nSPS) is 32.4. The first-order valence-electron chi connectivity index (χ1n) is 20.3. The van der Waals surface area contributed by atoms with E-state index in [4.69, 9.17) is 0 Å². The van der Waals surface area contributed by atoms with Crippen molar-refractivity contribution in [2.24, 2.45) is 21.7 Å². The highest BCUT2D eigenvalue weighted by atomic mass is 16.3. The summed E-state index contributed by atoms with van der Waals surface area (Å²) < 4.78 is 0. The highest BCUT2D eigenvalue weighted by molar-refractivity contribution is 5.38. The minimum absolute atomic E-state index is 0.0645. The maximum Gasteiger partial charge on any atom is 0.0811 e. The summed E-state index contributed by atoms with van der Waals surface area (Å²) in [5.41, 5.74) is 7.35. The Balaban J connectivity index is 0.000000373. The van der Waals surface area contributed by atoms with Crippen LogP contribution in [0.15, 0.2) is 95.2 Å². The molecule has 0 aliphatic heterocycles. The van der Waals surface area contributed by atoms with Crippen LogP contribution in [0.1, 0.15) is 134 Å². The lowest BCUT2D eigenvalue weighted by Gasteiger charge is -2.29. The predicted molar refractivity (Wildman–Crippen MR) is 232 cm³/mol. The molecule has 0 aromatic rings. The van der Waals surface area contributed by atoms with Gasteiger partial charge in [0, 0.05) is 25.7 Å². The molecule has 8 atom stereocenters. The zero-order valence-electron chi connectivity index (χ0n) is 37.0. The third-order valence-electron chi connectivity index (χ3n) is 9.49. The van der Waals surface area contributed by atoms with Gasteiger partial charge in [0.2, 0.25) is 0 Å². The van der Waals surface area contributed by atoms with Gasteiger partial charge in [-0.15, -0.1) is 0 Å². The third-order valence-corrected chi connectivity index (χ3v) is 9.49. The number of allylic oxidation sites excluding steroid dienone is 4. The van der Waals surface area contributed by atoms with Crippen molar-refractivity contribution in [2.75, 3.05) is 0 Å². The van der Waals surface area contributed by atoms with Gasteiger partial charge in [-0.25, -0.2) is 0 Å². The molecule has 56 heavy (non-hydrogen) atoms. The van der Waals surface area contributed by atoms with Crippen LogP contribution in [-0.4, -0.2) is 89.7 Å². The smallest absolute Gasteiger partial charge is 0.0811 e. The van der Waals surface area contributed by atoms with Gasteiger partial charge < -0.3 is 40.9 Å². The van der Waals surface area contributed by atoms with E-state index in [0.717, 1.165) is 44.6 Å². The molecule has 8 N–H and O–H groups in total. The van der Waals surface area contributed by atoms with Crippen LogP contribution in [0.2, 0.25) is 0 Å². The van der Waals surface area contributed by atoms with Gasteiger partial charge in [-0.3, -0.25) is 0 Å². The molecule has 4 saturated carbocycles. The Morgan fingerprint density at radius 2 is 0.482 bits per heavy atom. The molecule has 0 heterocycles. The van der Waals surface area contributed by atoms with Crippen molar-refractivity contribution < 1.29 is 40.9 Å². The molecular weight excluding hydrogens is 705 g/mol. The first kappa shape index (κ1) is 51.6. The highest BCUT2D eigenvalue weighted by Gasteiger charge is 2.29. The zero-order chi connectivity index (χ0) is 43.7. The van der Waals surface area contributed by atoms with Crippen molar-refractivity contribution in [1.82, 2.24) is 0 Å². The van der Waals surface area contributed by atoms with E-state index in [0.29, 0.717) is 51.4 Å². The molecule has 320 valence electrons. The van der Waals surface area contributed by atoms with E-state index in [9.17, 15) is 40.9 Å². The molecule has 4 aliphatic rings. The van der Waals surface area contributed by atoms with Gasteiger partial charge >= 0.3 is 0 Å². The van der Waals surface area contributed by atoms with Crippen LogP contribution in [0.5, 0.6) is 0 Å². The van der Waals surface area contributed by atoms with E-state index < -0.39 is 48.8 Å². The summed E-state index contributed by atoms with van der Waals surface area (Å²) in [4.78, 5) is 0. The lowest BCUT2D eigenvalue weighted by Crippen LogP contribution is -2.27. The molecule has 0 bridgehead atoms. The topological polar surface area (TPSA) is 162 Å². The number of aliphatic hydroxyl groups excluding tert-OH is 8. The summed E-state index contributed by atoms with van der Waals surface area (Å²) >= 11 is 0. The van der Waals surface area contributed by atoms with Crippen LogP contribution in [0.4, 0.5) is 0 Å². The van der Waals surface area contributed by atoms with E-state index in [1.165, 1.54) is 0 Å². The summed E-state index contributed by atoms with van der Waals surface area (Å²) in [5.74, 6) is 0. The molecule has 4 fully saturated rings. The SMILES string of the molecule is C=C1/C(=C\C(C)(C)C)C[C@@H](O)C[C@@H]1O.C=C1/C(=C\C(C)(C)C)C[C@@H](O)C[C@H]1O.C=C1/C(=C\C(C)(C)C)C[C@H](O)C[C@@H]1O.C=C1/C(=C\C(C)(C)C)C[C@H](O)C[C@H]1O. The standard InChI is InChI=1S/4C12H20O2/c4*1-8-9(7-12(2,3)4)5-10(13)6-11(8)14/h4*7,10-11,13-14H,1,5-6H2,2-4H3/b4*9-7-/t2*10-,11+;2*10-,11-/m1010/s1. The van der Waals surface area contributed by atoms with Gasteiger partial charge in [0.1, 0.15) is 0 Å². The summed E-state index contributed by atoms with van der Waals surface area (Å²) in [6, 6.07) is 0. The van der Waals surface area contributed by atoms with Gasteiger partial charge in [-0.05, 0) is 91.9 Å². The van der Waals surface area contributed by atoms with E-state index in [-0.39, 0.29) is 21.7 Å². The molecular formula is C48H80O8. The first-order valence-corrected chi connectivity index (χ1v) is 20.3. The van der Waals surface area contributed by atoms with Crippen LogP contribution < -0.4 is 0 Å². The van der Waals surface area contributed by atoms with Crippen molar-refractivity contribution in [1.29, 1.82) is 0 Å². The molecule has 0 amide bonds. The van der Waals surface area contributed by atoms with E-state index >= 15 is 0 Å². The second-order valence-electron chi connectivity index (χ2n) is 20.7. The zero-order valence-corrected chi connectivity index (χ0v) is 37.0. The molecule has 0 saturated heterocycles. The van der Waals surface area contributed by atoms with Gasteiger partial charge in [0.05, 0.1) is 48.8 Å². The van der Waals surface area contributed by atoms with Crippen molar-refractivity contribution in [3.05, 3.63) is 95.2 Å². The number of hydrogen-bond acceptors (Lipinski definition) is 8. The Morgan fingerprint density at radius 3 is 0.607 bits per heavy atom. The Kier molecular flexibility index (Phi) is 19.4. The fourth-order valence-corrected chi connectivity index (χ4v) is 7.03.